The molecule has 0 fully saturated rings. The van der Waals surface area contributed by atoms with Gasteiger partial charge in [0.05, 0.1) is 0 Å². The summed E-state index contributed by atoms with van der Waals surface area (Å²) in [6, 6.07) is 6.31. The van der Waals surface area contributed by atoms with Crippen LogP contribution in [0.5, 0.6) is 0 Å². The molecule has 20 heavy (non-hydrogen) atoms. The number of aldehydes is 1. The third kappa shape index (κ3) is 2.00. The van der Waals surface area contributed by atoms with Gasteiger partial charge in [-0.05, 0) is 37.1 Å². The van der Waals surface area contributed by atoms with Crippen LogP contribution >= 0.6 is 11.3 Å². The number of imidazole rings is 1. The van der Waals surface area contributed by atoms with Crippen LogP contribution in [-0.2, 0) is 0 Å². The van der Waals surface area contributed by atoms with E-state index in [-0.39, 0.29) is 0 Å². The van der Waals surface area contributed by atoms with Gasteiger partial charge in [-0.15, -0.1) is 11.3 Å². The first kappa shape index (κ1) is 12.9. The number of fused-ring (bicyclic) bond motifs is 1. The Labute approximate surface area is 121 Å². The summed E-state index contributed by atoms with van der Waals surface area (Å²) in [6.45, 7) is 4.13. The number of thiazole rings is 1. The van der Waals surface area contributed by atoms with Gasteiger partial charge in [0.15, 0.2) is 17.1 Å². The van der Waals surface area contributed by atoms with Crippen LogP contribution < -0.4 is 4.90 Å². The van der Waals surface area contributed by atoms with Crippen LogP contribution in [0.4, 0.5) is 11.5 Å². The molecule has 5 heteroatoms. The first-order valence-corrected chi connectivity index (χ1v) is 7.21. The minimum absolute atomic E-state index is 0.586. The second-order valence-electron chi connectivity index (χ2n) is 4.90. The van der Waals surface area contributed by atoms with E-state index in [1.54, 1.807) is 0 Å². The molecule has 0 aliphatic rings. The lowest BCUT2D eigenvalue weighted by Gasteiger charge is -2.18. The molecule has 3 rings (SSSR count). The summed E-state index contributed by atoms with van der Waals surface area (Å²) in [5, 5.41) is 1.93. The fourth-order valence-corrected chi connectivity index (χ4v) is 3.13. The second-order valence-corrected chi connectivity index (χ2v) is 5.77. The molecule has 1 aromatic carbocycles. The molecule has 102 valence electrons. The van der Waals surface area contributed by atoms with Gasteiger partial charge >= 0.3 is 0 Å². The Balaban J connectivity index is 2.13. The third-order valence-corrected chi connectivity index (χ3v) is 4.06. The smallest absolute Gasteiger partial charge is 0.196 e. The molecular formula is C15H15N3OS. The second kappa shape index (κ2) is 4.76. The minimum Gasteiger partial charge on any atom is -0.328 e. The molecule has 0 unspecified atom stereocenters. The van der Waals surface area contributed by atoms with Crippen molar-refractivity contribution >= 4 is 34.1 Å². The first-order chi connectivity index (χ1) is 9.60. The lowest BCUT2D eigenvalue weighted by Crippen LogP contribution is -2.12. The SMILES string of the molecule is Cc1cc(C)cc(N(C)c2nc3sccn3c2C=O)c1. The molecule has 0 aliphatic heterocycles. The van der Waals surface area contributed by atoms with Gasteiger partial charge in [0.1, 0.15) is 5.69 Å². The molecule has 0 spiro atoms. The Bertz CT molecular complexity index is 767. The molecule has 0 atom stereocenters. The van der Waals surface area contributed by atoms with E-state index in [4.69, 9.17) is 0 Å². The van der Waals surface area contributed by atoms with E-state index in [0.29, 0.717) is 11.5 Å². The summed E-state index contributed by atoms with van der Waals surface area (Å²) in [6.07, 6.45) is 2.73. The number of aryl methyl sites for hydroxylation is 2. The van der Waals surface area contributed by atoms with Crippen molar-refractivity contribution in [2.24, 2.45) is 0 Å². The van der Waals surface area contributed by atoms with Crippen LogP contribution in [0.2, 0.25) is 0 Å². The summed E-state index contributed by atoms with van der Waals surface area (Å²) < 4.78 is 1.83. The molecule has 4 nitrogen and oxygen atoms in total. The Morgan fingerprint density at radius 1 is 1.25 bits per heavy atom. The molecular weight excluding hydrogens is 270 g/mol. The van der Waals surface area contributed by atoms with E-state index in [1.165, 1.54) is 22.5 Å². The topological polar surface area (TPSA) is 37.6 Å². The fourth-order valence-electron chi connectivity index (χ4n) is 2.41. The van der Waals surface area contributed by atoms with Crippen molar-refractivity contribution in [1.29, 1.82) is 0 Å². The lowest BCUT2D eigenvalue weighted by atomic mass is 10.1. The molecule has 2 aromatic heterocycles. The highest BCUT2D eigenvalue weighted by Crippen LogP contribution is 2.29. The van der Waals surface area contributed by atoms with Crippen LogP contribution in [0.15, 0.2) is 29.8 Å². The maximum atomic E-state index is 11.4. The Morgan fingerprint density at radius 2 is 1.95 bits per heavy atom. The zero-order chi connectivity index (χ0) is 14.3. The Hall–Kier alpha value is -2.14. The molecule has 0 saturated heterocycles. The number of hydrogen-bond donors (Lipinski definition) is 0. The number of nitrogens with zero attached hydrogens (tertiary/aromatic N) is 3. The number of benzene rings is 1. The molecule has 0 bridgehead atoms. The van der Waals surface area contributed by atoms with E-state index >= 15 is 0 Å². The molecule has 3 aromatic rings. The molecule has 0 radical (unpaired) electrons. The quantitative estimate of drug-likeness (QED) is 0.690. The van der Waals surface area contributed by atoms with Crippen molar-refractivity contribution in [3.05, 3.63) is 46.6 Å². The minimum atomic E-state index is 0.586. The molecule has 2 heterocycles. The summed E-state index contributed by atoms with van der Waals surface area (Å²) in [5.74, 6) is 0.692. The van der Waals surface area contributed by atoms with E-state index in [9.17, 15) is 4.79 Å². The van der Waals surface area contributed by atoms with E-state index in [2.05, 4.69) is 37.0 Å². The van der Waals surface area contributed by atoms with Gasteiger partial charge in [-0.25, -0.2) is 4.98 Å². The van der Waals surface area contributed by atoms with Gasteiger partial charge < -0.3 is 4.90 Å². The Morgan fingerprint density at radius 3 is 2.60 bits per heavy atom. The summed E-state index contributed by atoms with van der Waals surface area (Å²) in [5.41, 5.74) is 4.01. The molecule has 0 amide bonds. The van der Waals surface area contributed by atoms with E-state index in [0.717, 1.165) is 16.9 Å². The molecule has 0 aliphatic carbocycles. The standard InChI is InChI=1S/C15H15N3OS/c1-10-6-11(2)8-12(7-10)17(3)14-13(9-19)18-4-5-20-15(18)16-14/h4-9H,1-3H3. The van der Waals surface area contributed by atoms with Crippen LogP contribution in [0.25, 0.3) is 4.96 Å². The van der Waals surface area contributed by atoms with Gasteiger partial charge in [-0.1, -0.05) is 6.07 Å². The fraction of sp³-hybridized carbons (Fsp3) is 0.200. The van der Waals surface area contributed by atoms with Crippen molar-refractivity contribution in [3.63, 3.8) is 0 Å². The van der Waals surface area contributed by atoms with E-state index in [1.807, 2.05) is 27.9 Å². The predicted octanol–water partition coefficient (Wildman–Crippen LogP) is 3.59. The van der Waals surface area contributed by atoms with Crippen molar-refractivity contribution in [3.8, 4) is 0 Å². The van der Waals surface area contributed by atoms with Gasteiger partial charge in [-0.2, -0.15) is 0 Å². The monoisotopic (exact) mass is 285 g/mol. The number of aromatic nitrogens is 2. The maximum Gasteiger partial charge on any atom is 0.196 e. The van der Waals surface area contributed by atoms with Gasteiger partial charge in [0.2, 0.25) is 0 Å². The number of carbonyl (C=O) groups is 1. The van der Waals surface area contributed by atoms with Crippen LogP contribution in [0.3, 0.4) is 0 Å². The predicted molar refractivity (Wildman–Crippen MR) is 82.4 cm³/mol. The van der Waals surface area contributed by atoms with Gasteiger partial charge in [0.25, 0.3) is 0 Å². The van der Waals surface area contributed by atoms with Crippen molar-refractivity contribution in [2.75, 3.05) is 11.9 Å². The largest absolute Gasteiger partial charge is 0.328 e. The normalized spacial score (nSPS) is 10.9. The van der Waals surface area contributed by atoms with Crippen LogP contribution in [-0.4, -0.2) is 22.7 Å². The maximum absolute atomic E-state index is 11.4. The first-order valence-electron chi connectivity index (χ1n) is 6.33. The third-order valence-electron chi connectivity index (χ3n) is 3.30. The number of carbonyl (C=O) groups excluding carboxylic acids is 1. The number of anilines is 2. The molecule has 0 N–H and O–H groups in total. The highest BCUT2D eigenvalue weighted by Gasteiger charge is 2.17. The van der Waals surface area contributed by atoms with Crippen molar-refractivity contribution in [2.45, 2.75) is 13.8 Å². The van der Waals surface area contributed by atoms with Gasteiger partial charge in [-0.3, -0.25) is 9.20 Å². The van der Waals surface area contributed by atoms with Crippen molar-refractivity contribution in [1.82, 2.24) is 9.38 Å². The van der Waals surface area contributed by atoms with Crippen LogP contribution in [0.1, 0.15) is 21.6 Å². The Kier molecular flexibility index (Phi) is 3.06. The molecule has 0 saturated carbocycles. The highest BCUT2D eigenvalue weighted by atomic mass is 32.1. The summed E-state index contributed by atoms with van der Waals surface area (Å²) in [7, 11) is 1.94. The lowest BCUT2D eigenvalue weighted by molar-refractivity contribution is 0.111. The van der Waals surface area contributed by atoms with Crippen LogP contribution in [0, 0.1) is 13.8 Å². The summed E-state index contributed by atoms with van der Waals surface area (Å²) in [4.78, 5) is 18.7. The average Bonchev–Trinajstić information content (AvgIpc) is 2.96. The highest BCUT2D eigenvalue weighted by molar-refractivity contribution is 7.15. The van der Waals surface area contributed by atoms with E-state index < -0.39 is 0 Å². The zero-order valence-corrected chi connectivity index (χ0v) is 12.4. The zero-order valence-electron chi connectivity index (χ0n) is 11.6. The number of rotatable bonds is 3. The average molecular weight is 285 g/mol. The van der Waals surface area contributed by atoms with Crippen molar-refractivity contribution < 1.29 is 4.79 Å². The number of hydrogen-bond acceptors (Lipinski definition) is 4. The van der Waals surface area contributed by atoms with Gasteiger partial charge in [0, 0.05) is 24.3 Å². The summed E-state index contributed by atoms with van der Waals surface area (Å²) >= 11 is 1.52.